The van der Waals surface area contributed by atoms with Gasteiger partial charge in [0.05, 0.1) is 13.1 Å². The van der Waals surface area contributed by atoms with Crippen molar-refractivity contribution in [2.45, 2.75) is 0 Å². The lowest BCUT2D eigenvalue weighted by Crippen LogP contribution is -2.39. The molecule has 1 N–H and O–H groups in total. The van der Waals surface area contributed by atoms with Gasteiger partial charge in [-0.2, -0.15) is 0 Å². The van der Waals surface area contributed by atoms with Crippen LogP contribution in [0.15, 0.2) is 0 Å². The number of carbonyl (C=O) groups excluding carboxylic acids is 1. The van der Waals surface area contributed by atoms with Crippen LogP contribution in [0.1, 0.15) is 0 Å². The van der Waals surface area contributed by atoms with Gasteiger partial charge in [-0.1, -0.05) is 12.6 Å². The van der Waals surface area contributed by atoms with Crippen LogP contribution in [0.25, 0.3) is 0 Å². The number of morpholine rings is 1. The van der Waals surface area contributed by atoms with E-state index in [1.54, 1.807) is 0 Å². The molecule has 0 aromatic rings. The summed E-state index contributed by atoms with van der Waals surface area (Å²) in [5.41, 5.74) is 0. The van der Waals surface area contributed by atoms with Gasteiger partial charge in [0.2, 0.25) is 0 Å². The van der Waals surface area contributed by atoms with Gasteiger partial charge in [0.25, 0.3) is 0 Å². The molecule has 0 bridgehead atoms. The molecule has 0 amide bonds. The highest BCUT2D eigenvalue weighted by molar-refractivity contribution is 7.96. The third-order valence-corrected chi connectivity index (χ3v) is 1.91. The fraction of sp³-hybridized carbons (Fsp3) is 0.857. The summed E-state index contributed by atoms with van der Waals surface area (Å²) in [7, 11) is 0. The summed E-state index contributed by atoms with van der Waals surface area (Å²) >= 11 is 3.50. The molecule has 0 radical (unpaired) electrons. The second-order valence-electron chi connectivity index (χ2n) is 2.63. The number of carbonyl (C=O) groups is 1. The lowest BCUT2D eigenvalue weighted by Gasteiger charge is -2.23. The maximum atomic E-state index is 10.3. The average molecular weight is 192 g/mol. The largest absolute Gasteiger partial charge is 0.456 e. The summed E-state index contributed by atoms with van der Waals surface area (Å²) in [6.07, 6.45) is 0. The van der Waals surface area contributed by atoms with Gasteiger partial charge < -0.3 is 9.47 Å². The Hall–Kier alpha value is -0.260. The second-order valence-corrected chi connectivity index (χ2v) is 2.99. The highest BCUT2D eigenvalue weighted by atomic mass is 32.1. The summed E-state index contributed by atoms with van der Waals surface area (Å²) in [5.74, 6) is 0. The fourth-order valence-corrected chi connectivity index (χ4v) is 1.22. The zero-order valence-electron chi connectivity index (χ0n) is 6.90. The summed E-state index contributed by atoms with van der Waals surface area (Å²) < 4.78 is 8.90. The van der Waals surface area contributed by atoms with E-state index >= 15 is 0 Å². The molecule has 0 saturated carbocycles. The van der Waals surface area contributed by atoms with E-state index in [0.717, 1.165) is 32.8 Å². The molecule has 1 heterocycles. The lowest BCUT2D eigenvalue weighted by atomic mass is 10.4. The van der Waals surface area contributed by atoms with E-state index in [1.807, 2.05) is 0 Å². The number of thiol groups is 1. The molecule has 0 atom stereocenters. The highest BCUT2D eigenvalue weighted by Gasteiger charge is 2.12. The molecule has 0 aromatic heterocycles. The smallest absolute Gasteiger partial charge is 0.364 e. The molecule has 0 spiro atoms. The number of hydrogen-bond donors (Lipinski definition) is 1. The van der Waals surface area contributed by atoms with Crippen molar-refractivity contribution in [1.82, 2.24) is 4.90 Å². The third kappa shape index (κ3) is 3.94. The Bertz CT molecular complexity index is 148. The molecule has 0 unspecified atom stereocenters. The number of aliphatic hydroxyl groups is 2. The van der Waals surface area contributed by atoms with Crippen molar-refractivity contribution in [2.75, 3.05) is 39.5 Å². The van der Waals surface area contributed by atoms with Gasteiger partial charge in [0.15, 0.2) is 13.2 Å². The minimum Gasteiger partial charge on any atom is -0.456 e. The van der Waals surface area contributed by atoms with Crippen LogP contribution in [-0.4, -0.2) is 54.4 Å². The van der Waals surface area contributed by atoms with E-state index in [0.29, 0.717) is 6.61 Å². The van der Waals surface area contributed by atoms with E-state index < -0.39 is 5.30 Å². The van der Waals surface area contributed by atoms with E-state index in [-0.39, 0.29) is 0 Å². The first-order valence-corrected chi connectivity index (χ1v) is 4.45. The van der Waals surface area contributed by atoms with Crippen LogP contribution in [0.5, 0.6) is 0 Å². The molecule has 1 aliphatic rings. The minimum atomic E-state index is -0.503. The zero-order chi connectivity index (χ0) is 8.81. The average Bonchev–Trinajstić information content (AvgIpc) is 2.05. The standard InChI is InChI=1S/C7H13NO3S/c9-7(12)11-6-3-8-1-4-10-5-2-8/h1-6H2,(H,9,12)/p+1. The van der Waals surface area contributed by atoms with Crippen molar-refractivity contribution >= 4 is 17.9 Å². The Labute approximate surface area is 77.2 Å². The van der Waals surface area contributed by atoms with Gasteiger partial charge in [0.1, 0.15) is 6.61 Å². The Morgan fingerprint density at radius 1 is 1.50 bits per heavy atom. The van der Waals surface area contributed by atoms with Crippen molar-refractivity contribution in [3.05, 3.63) is 0 Å². The second kappa shape index (κ2) is 5.40. The molecular weight excluding hydrogens is 178 g/mol. The third-order valence-electron chi connectivity index (χ3n) is 1.78. The maximum absolute atomic E-state index is 10.3. The fourth-order valence-electron chi connectivity index (χ4n) is 1.13. The predicted octanol–water partition coefficient (Wildman–Crippen LogP) is -0.104. The molecule has 12 heavy (non-hydrogen) atoms. The first-order valence-electron chi connectivity index (χ1n) is 4.00. The van der Waals surface area contributed by atoms with Crippen LogP contribution in [0.3, 0.4) is 0 Å². The molecule has 0 aromatic carbocycles. The molecule has 70 valence electrons. The molecular formula is C7H14NO3S+. The summed E-state index contributed by atoms with van der Waals surface area (Å²) in [6, 6.07) is 0. The summed E-state index contributed by atoms with van der Waals surface area (Å²) in [5, 5.41) is -0.503. The van der Waals surface area contributed by atoms with Gasteiger partial charge >= 0.3 is 5.30 Å². The Morgan fingerprint density at radius 3 is 2.75 bits per heavy atom. The predicted molar refractivity (Wildman–Crippen MR) is 48.7 cm³/mol. The van der Waals surface area contributed by atoms with E-state index in [2.05, 4.69) is 22.3 Å². The van der Waals surface area contributed by atoms with Crippen LogP contribution >= 0.6 is 12.6 Å². The maximum Gasteiger partial charge on any atom is 0.364 e. The molecule has 4 nitrogen and oxygen atoms in total. The molecule has 1 aliphatic heterocycles. The molecule has 0 aliphatic carbocycles. The minimum absolute atomic E-state index is 0.433. The zero-order valence-corrected chi connectivity index (χ0v) is 7.80. The SMILES string of the molecule is O=C(S)OCCN1CC[OH+]CC1. The summed E-state index contributed by atoms with van der Waals surface area (Å²) in [4.78, 5) is 12.5. The molecule has 5 heteroatoms. The van der Waals surface area contributed by atoms with Crippen molar-refractivity contribution < 1.29 is 14.3 Å². The van der Waals surface area contributed by atoms with Crippen LogP contribution in [0.2, 0.25) is 0 Å². The summed E-state index contributed by atoms with van der Waals surface area (Å²) in [6.45, 7) is 4.97. The normalized spacial score (nSPS) is 19.1. The van der Waals surface area contributed by atoms with Crippen LogP contribution in [-0.2, 0) is 4.74 Å². The topological polar surface area (TPSA) is 42.3 Å². The molecule has 1 saturated heterocycles. The van der Waals surface area contributed by atoms with Gasteiger partial charge in [-0.15, -0.1) is 0 Å². The van der Waals surface area contributed by atoms with Gasteiger partial charge in [-0.25, -0.2) is 4.79 Å². The van der Waals surface area contributed by atoms with Crippen molar-refractivity contribution in [3.8, 4) is 0 Å². The number of hydrogen-bond acceptors (Lipinski definition) is 3. The number of ether oxygens (including phenoxy) is 2. The van der Waals surface area contributed by atoms with E-state index in [9.17, 15) is 4.79 Å². The number of rotatable bonds is 3. The van der Waals surface area contributed by atoms with Gasteiger partial charge in [-0.05, 0) is 0 Å². The first-order chi connectivity index (χ1) is 5.79. The van der Waals surface area contributed by atoms with Crippen LogP contribution in [0, 0.1) is 0 Å². The van der Waals surface area contributed by atoms with E-state index in [4.69, 9.17) is 4.74 Å². The van der Waals surface area contributed by atoms with Crippen molar-refractivity contribution in [2.24, 2.45) is 0 Å². The van der Waals surface area contributed by atoms with Crippen LogP contribution in [0.4, 0.5) is 4.79 Å². The van der Waals surface area contributed by atoms with Gasteiger partial charge in [-0.3, -0.25) is 4.90 Å². The quantitative estimate of drug-likeness (QED) is 0.385. The van der Waals surface area contributed by atoms with E-state index in [1.165, 1.54) is 0 Å². The Balaban J connectivity index is 2.01. The molecule has 1 fully saturated rings. The number of nitrogens with zero attached hydrogens (tertiary/aromatic N) is 1. The first kappa shape index (κ1) is 9.83. The van der Waals surface area contributed by atoms with Crippen molar-refractivity contribution in [1.29, 1.82) is 0 Å². The van der Waals surface area contributed by atoms with Gasteiger partial charge in [0, 0.05) is 6.54 Å². The van der Waals surface area contributed by atoms with Crippen LogP contribution < -0.4 is 0 Å². The highest BCUT2D eigenvalue weighted by Crippen LogP contribution is 1.94. The monoisotopic (exact) mass is 192 g/mol. The molecule has 1 rings (SSSR count). The Kier molecular flexibility index (Phi) is 4.42. The lowest BCUT2D eigenvalue weighted by molar-refractivity contribution is -0.0920. The Morgan fingerprint density at radius 2 is 2.17 bits per heavy atom. The van der Waals surface area contributed by atoms with Crippen molar-refractivity contribution in [3.63, 3.8) is 0 Å².